The highest BCUT2D eigenvalue weighted by atomic mass is 19.4. The van der Waals surface area contributed by atoms with Crippen LogP contribution in [0.1, 0.15) is 44.3 Å². The molecule has 1 atom stereocenters. The Kier molecular flexibility index (Phi) is 7.17. The van der Waals surface area contributed by atoms with Crippen LogP contribution in [-0.2, 0) is 12.8 Å². The van der Waals surface area contributed by atoms with Crippen LogP contribution in [0.5, 0.6) is 5.88 Å². The van der Waals surface area contributed by atoms with Gasteiger partial charge >= 0.3 is 6.18 Å². The first-order valence-electron chi connectivity index (χ1n) is 11.2. The first-order chi connectivity index (χ1) is 17.5. The Hall–Kier alpha value is -3.99. The van der Waals surface area contributed by atoms with E-state index in [1.807, 2.05) is 0 Å². The summed E-state index contributed by atoms with van der Waals surface area (Å²) < 4.78 is 74.1. The molecule has 1 amide bonds. The van der Waals surface area contributed by atoms with Crippen LogP contribution >= 0.6 is 0 Å². The molecule has 37 heavy (non-hydrogen) atoms. The second-order valence-electron chi connectivity index (χ2n) is 8.56. The molecule has 0 radical (unpaired) electrons. The number of alkyl halides is 3. The van der Waals surface area contributed by atoms with Gasteiger partial charge in [0.15, 0.2) is 0 Å². The van der Waals surface area contributed by atoms with Crippen molar-refractivity contribution >= 4 is 11.4 Å². The van der Waals surface area contributed by atoms with E-state index in [-0.39, 0.29) is 29.1 Å². The van der Waals surface area contributed by atoms with E-state index in [2.05, 4.69) is 10.4 Å². The summed E-state index contributed by atoms with van der Waals surface area (Å²) in [5.74, 6) is -1.87. The van der Waals surface area contributed by atoms with E-state index in [9.17, 15) is 26.7 Å². The number of hydrogen-bond acceptors (Lipinski definition) is 4. The molecule has 4 aromatic rings. The van der Waals surface area contributed by atoms with Gasteiger partial charge in [-0.3, -0.25) is 4.79 Å². The van der Waals surface area contributed by atoms with Crippen LogP contribution in [0, 0.1) is 25.5 Å². The molecule has 194 valence electrons. The number of hydrogen-bond donors (Lipinski definition) is 2. The highest BCUT2D eigenvalue weighted by Crippen LogP contribution is 2.30. The molecule has 1 unspecified atom stereocenters. The Labute approximate surface area is 208 Å². The fraction of sp³-hybridized carbons (Fsp3) is 0.231. The summed E-state index contributed by atoms with van der Waals surface area (Å²) in [6.45, 7) is 2.83. The third-order valence-corrected chi connectivity index (χ3v) is 5.80. The first-order valence-corrected chi connectivity index (χ1v) is 11.2. The standard InChI is InChI=1S/C26H23F5N4O2/c1-14-9-22-24(25(36)33-12-21(32)16-5-3-6-17(11-16)26(29,30)31)15(2)34-35(22)23(10-14)37-13-18-19(27)7-4-8-20(18)28/h3-11,21H,12-13,32H2,1-2H3,(H,33,36). The molecular formula is C26H23F5N4O2. The molecule has 11 heteroatoms. The molecule has 0 aliphatic carbocycles. The van der Waals surface area contributed by atoms with Gasteiger partial charge in [0.25, 0.3) is 5.91 Å². The molecule has 0 aliphatic rings. The maximum atomic E-state index is 14.0. The van der Waals surface area contributed by atoms with Crippen molar-refractivity contribution < 1.29 is 31.5 Å². The highest BCUT2D eigenvalue weighted by molar-refractivity contribution is 6.02. The van der Waals surface area contributed by atoms with Crippen LogP contribution in [0.25, 0.3) is 5.52 Å². The summed E-state index contributed by atoms with van der Waals surface area (Å²) in [6.07, 6.45) is -4.51. The first kappa shape index (κ1) is 26.1. The molecular weight excluding hydrogens is 495 g/mol. The Morgan fingerprint density at radius 2 is 1.76 bits per heavy atom. The van der Waals surface area contributed by atoms with Crippen molar-refractivity contribution in [2.45, 2.75) is 32.7 Å². The Morgan fingerprint density at radius 3 is 2.43 bits per heavy atom. The van der Waals surface area contributed by atoms with Gasteiger partial charge in [-0.2, -0.15) is 22.8 Å². The number of carbonyl (C=O) groups excluding carboxylic acids is 1. The molecule has 0 bridgehead atoms. The second kappa shape index (κ2) is 10.2. The van der Waals surface area contributed by atoms with Gasteiger partial charge in [-0.05, 0) is 55.3 Å². The summed E-state index contributed by atoms with van der Waals surface area (Å²) in [6, 6.07) is 10.5. The van der Waals surface area contributed by atoms with Crippen LogP contribution in [-0.4, -0.2) is 22.1 Å². The zero-order chi connectivity index (χ0) is 26.9. The van der Waals surface area contributed by atoms with Gasteiger partial charge in [0, 0.05) is 18.7 Å². The van der Waals surface area contributed by atoms with E-state index in [0.29, 0.717) is 16.8 Å². The second-order valence-corrected chi connectivity index (χ2v) is 8.56. The van der Waals surface area contributed by atoms with Gasteiger partial charge in [-0.15, -0.1) is 0 Å². The van der Waals surface area contributed by atoms with Crippen molar-refractivity contribution in [3.63, 3.8) is 0 Å². The van der Waals surface area contributed by atoms with Crippen molar-refractivity contribution in [2.24, 2.45) is 5.73 Å². The molecule has 0 saturated heterocycles. The summed E-state index contributed by atoms with van der Waals surface area (Å²) in [5.41, 5.74) is 6.82. The van der Waals surface area contributed by atoms with Gasteiger partial charge in [-0.1, -0.05) is 18.2 Å². The van der Waals surface area contributed by atoms with Gasteiger partial charge in [0.1, 0.15) is 18.2 Å². The average molecular weight is 518 g/mol. The number of nitrogens with zero attached hydrogens (tertiary/aromatic N) is 2. The molecule has 0 saturated carbocycles. The molecule has 0 spiro atoms. The molecule has 0 aliphatic heterocycles. The van der Waals surface area contributed by atoms with Crippen LogP contribution in [0.2, 0.25) is 0 Å². The predicted octanol–water partition coefficient (Wildman–Crippen LogP) is 5.26. The number of nitrogens with two attached hydrogens (primary N) is 1. The fourth-order valence-corrected chi connectivity index (χ4v) is 3.91. The van der Waals surface area contributed by atoms with E-state index in [1.165, 1.54) is 22.7 Å². The summed E-state index contributed by atoms with van der Waals surface area (Å²) in [5, 5.41) is 6.99. The fourth-order valence-electron chi connectivity index (χ4n) is 3.91. The third kappa shape index (κ3) is 5.56. The van der Waals surface area contributed by atoms with Crippen molar-refractivity contribution in [3.8, 4) is 5.88 Å². The molecule has 2 aromatic carbocycles. The Balaban J connectivity index is 1.55. The smallest absolute Gasteiger partial charge is 0.416 e. The number of aryl methyl sites for hydroxylation is 2. The zero-order valence-electron chi connectivity index (χ0n) is 19.9. The van der Waals surface area contributed by atoms with Crippen LogP contribution in [0.15, 0.2) is 54.6 Å². The molecule has 4 rings (SSSR count). The zero-order valence-corrected chi connectivity index (χ0v) is 19.9. The predicted molar refractivity (Wildman–Crippen MR) is 126 cm³/mol. The number of nitrogens with one attached hydrogen (secondary N) is 1. The maximum absolute atomic E-state index is 14.0. The van der Waals surface area contributed by atoms with Gasteiger partial charge in [0.2, 0.25) is 5.88 Å². The third-order valence-electron chi connectivity index (χ3n) is 5.80. The van der Waals surface area contributed by atoms with E-state index in [1.54, 1.807) is 26.0 Å². The number of ether oxygens (including phenoxy) is 1. The van der Waals surface area contributed by atoms with Crippen molar-refractivity contribution in [3.05, 3.63) is 99.7 Å². The number of benzene rings is 2. The van der Waals surface area contributed by atoms with E-state index >= 15 is 0 Å². The van der Waals surface area contributed by atoms with Crippen LogP contribution < -0.4 is 15.8 Å². The maximum Gasteiger partial charge on any atom is 0.416 e. The van der Waals surface area contributed by atoms with E-state index in [4.69, 9.17) is 10.5 Å². The minimum Gasteiger partial charge on any atom is -0.473 e. The van der Waals surface area contributed by atoms with Crippen LogP contribution in [0.4, 0.5) is 22.0 Å². The Bertz CT molecular complexity index is 1450. The van der Waals surface area contributed by atoms with E-state index < -0.39 is 41.9 Å². The molecule has 2 aromatic heterocycles. The van der Waals surface area contributed by atoms with E-state index in [0.717, 1.165) is 24.3 Å². The number of halogens is 5. The largest absolute Gasteiger partial charge is 0.473 e. The monoisotopic (exact) mass is 518 g/mol. The number of amides is 1. The number of carbonyl (C=O) groups is 1. The summed E-state index contributed by atoms with van der Waals surface area (Å²) >= 11 is 0. The van der Waals surface area contributed by atoms with Crippen molar-refractivity contribution in [1.82, 2.24) is 14.9 Å². The minimum absolute atomic E-state index is 0.126. The number of fused-ring (bicyclic) bond motifs is 1. The van der Waals surface area contributed by atoms with Crippen molar-refractivity contribution in [1.29, 1.82) is 0 Å². The lowest BCUT2D eigenvalue weighted by Gasteiger charge is -2.15. The molecule has 0 fully saturated rings. The summed E-state index contributed by atoms with van der Waals surface area (Å²) in [7, 11) is 0. The molecule has 2 heterocycles. The quantitative estimate of drug-likeness (QED) is 0.327. The van der Waals surface area contributed by atoms with Crippen LogP contribution in [0.3, 0.4) is 0 Å². The lowest BCUT2D eigenvalue weighted by atomic mass is 10.0. The van der Waals surface area contributed by atoms with Crippen molar-refractivity contribution in [2.75, 3.05) is 6.54 Å². The number of pyridine rings is 1. The normalized spacial score (nSPS) is 12.5. The number of aromatic nitrogens is 2. The van der Waals surface area contributed by atoms with Gasteiger partial charge in [-0.25, -0.2) is 8.78 Å². The summed E-state index contributed by atoms with van der Waals surface area (Å²) in [4.78, 5) is 13.1. The SMILES string of the molecule is Cc1cc(OCc2c(F)cccc2F)n2nc(C)c(C(=O)NCC(N)c3cccc(C(F)(F)F)c3)c2c1. The number of rotatable bonds is 7. The van der Waals surface area contributed by atoms with Gasteiger partial charge in [0.05, 0.1) is 27.9 Å². The molecule has 6 nitrogen and oxygen atoms in total. The minimum atomic E-state index is -4.51. The highest BCUT2D eigenvalue weighted by Gasteiger charge is 2.31. The van der Waals surface area contributed by atoms with Gasteiger partial charge < -0.3 is 15.8 Å². The molecule has 3 N–H and O–H groups in total. The Morgan fingerprint density at radius 1 is 1.08 bits per heavy atom. The average Bonchev–Trinajstić information content (AvgIpc) is 3.17. The lowest BCUT2D eigenvalue weighted by molar-refractivity contribution is -0.137. The topological polar surface area (TPSA) is 81.7 Å². The lowest BCUT2D eigenvalue weighted by Crippen LogP contribution is -2.32.